The molecule has 0 spiro atoms. The molecule has 0 saturated carbocycles. The van der Waals surface area contributed by atoms with Crippen LogP contribution in [-0.2, 0) is 23.1 Å². The molecule has 0 saturated heterocycles. The molecule has 0 aliphatic carbocycles. The van der Waals surface area contributed by atoms with Crippen molar-refractivity contribution < 1.29 is 33.1 Å². The van der Waals surface area contributed by atoms with Crippen molar-refractivity contribution in [1.29, 1.82) is 0 Å². The number of carbonyl (C=O) groups excluding carboxylic acids is 1. The van der Waals surface area contributed by atoms with Gasteiger partial charge in [-0.1, -0.05) is 51.2 Å². The fourth-order valence-electron chi connectivity index (χ4n) is 2.31. The fraction of sp³-hybridized carbons (Fsp3) is 0.842. The smallest absolute Gasteiger partial charge is 0.463 e. The summed E-state index contributed by atoms with van der Waals surface area (Å²) >= 11 is 0. The molecule has 2 atom stereocenters. The molecular weight excluding hydrogens is 385 g/mol. The summed E-state index contributed by atoms with van der Waals surface area (Å²) in [5, 5.41) is 9.63. The van der Waals surface area contributed by atoms with E-state index in [0.29, 0.717) is 6.42 Å². The molecule has 4 N–H and O–H groups in total. The van der Waals surface area contributed by atoms with Crippen molar-refractivity contribution in [2.45, 2.75) is 77.2 Å². The number of aliphatic hydroxyl groups excluding tert-OH is 1. The van der Waals surface area contributed by atoms with Gasteiger partial charge >= 0.3 is 13.8 Å². The van der Waals surface area contributed by atoms with E-state index < -0.39 is 26.5 Å². The minimum Gasteiger partial charge on any atom is -0.463 e. The van der Waals surface area contributed by atoms with Crippen molar-refractivity contribution >= 4 is 13.8 Å². The van der Waals surface area contributed by atoms with E-state index in [4.69, 9.17) is 10.5 Å². The molecule has 0 aromatic carbocycles. The van der Waals surface area contributed by atoms with Gasteiger partial charge in [0.05, 0.1) is 13.2 Å². The Hall–Kier alpha value is -0.760. The van der Waals surface area contributed by atoms with Gasteiger partial charge in [-0.15, -0.1) is 0 Å². The van der Waals surface area contributed by atoms with E-state index >= 15 is 0 Å². The topological polar surface area (TPSA) is 128 Å². The summed E-state index contributed by atoms with van der Waals surface area (Å²) in [6, 6.07) is 0. The number of phosphoric ester groups is 1. The number of esters is 1. The third kappa shape index (κ3) is 18.6. The molecule has 8 nitrogen and oxygen atoms in total. The van der Waals surface area contributed by atoms with E-state index in [2.05, 4.69) is 28.1 Å². The van der Waals surface area contributed by atoms with Gasteiger partial charge in [-0.25, -0.2) is 4.57 Å². The van der Waals surface area contributed by atoms with Crippen LogP contribution in [0.1, 0.15) is 71.1 Å². The Bertz CT molecular complexity index is 460. The maximum Gasteiger partial charge on any atom is 0.472 e. The summed E-state index contributed by atoms with van der Waals surface area (Å²) in [6.45, 7) is 1.37. The van der Waals surface area contributed by atoms with E-state index in [1.54, 1.807) is 0 Å². The summed E-state index contributed by atoms with van der Waals surface area (Å²) in [4.78, 5) is 20.9. The van der Waals surface area contributed by atoms with Crippen LogP contribution >= 0.6 is 7.82 Å². The van der Waals surface area contributed by atoms with Gasteiger partial charge in [-0.3, -0.25) is 13.8 Å². The van der Waals surface area contributed by atoms with Crippen molar-refractivity contribution in [2.24, 2.45) is 5.73 Å². The molecule has 0 bridgehead atoms. The zero-order valence-electron chi connectivity index (χ0n) is 17.1. The highest BCUT2D eigenvalue weighted by atomic mass is 31.2. The molecule has 0 heterocycles. The van der Waals surface area contributed by atoms with Gasteiger partial charge in [0, 0.05) is 13.0 Å². The molecule has 166 valence electrons. The number of phosphoric acid groups is 1. The first-order chi connectivity index (χ1) is 13.4. The largest absolute Gasteiger partial charge is 0.472 e. The standard InChI is InChI=1S/C19H38NO7P/c1-2-3-4-5-6-7-8-9-10-11-12-13-19(22)25-16-18(21)17-27-28(23,24)26-15-14-20/h5-6,18,21H,2-4,7-17,20H2,1H3,(H,23,24)/b6-5-. The quantitative estimate of drug-likeness (QED) is 0.125. The van der Waals surface area contributed by atoms with Crippen LogP contribution in [0.4, 0.5) is 0 Å². The first kappa shape index (κ1) is 27.2. The number of aliphatic hydroxyl groups is 1. The minimum atomic E-state index is -4.24. The number of carbonyl (C=O) groups is 1. The second-order valence-electron chi connectivity index (χ2n) is 6.64. The molecule has 2 unspecified atom stereocenters. The van der Waals surface area contributed by atoms with Crippen LogP contribution in [0.25, 0.3) is 0 Å². The van der Waals surface area contributed by atoms with Crippen LogP contribution in [-0.4, -0.2) is 48.4 Å². The number of unbranched alkanes of at least 4 members (excludes halogenated alkanes) is 7. The maximum atomic E-state index is 11.6. The Kier molecular flexibility index (Phi) is 17.8. The molecule has 0 fully saturated rings. The van der Waals surface area contributed by atoms with Crippen LogP contribution < -0.4 is 5.73 Å². The normalized spacial score (nSPS) is 14.9. The average molecular weight is 423 g/mol. The van der Waals surface area contributed by atoms with Gasteiger partial charge in [0.1, 0.15) is 12.7 Å². The minimum absolute atomic E-state index is 0.0736. The van der Waals surface area contributed by atoms with Crippen molar-refractivity contribution in [3.8, 4) is 0 Å². The fourth-order valence-corrected chi connectivity index (χ4v) is 3.09. The molecule has 0 rings (SSSR count). The van der Waals surface area contributed by atoms with Crippen LogP contribution in [0.2, 0.25) is 0 Å². The summed E-state index contributed by atoms with van der Waals surface area (Å²) < 4.78 is 25.4. The van der Waals surface area contributed by atoms with Crippen molar-refractivity contribution in [2.75, 3.05) is 26.4 Å². The Morgan fingerprint density at radius 2 is 1.68 bits per heavy atom. The summed E-state index contributed by atoms with van der Waals surface area (Å²) in [6.07, 6.45) is 13.5. The van der Waals surface area contributed by atoms with Crippen LogP contribution in [0, 0.1) is 0 Å². The molecule has 0 aliphatic heterocycles. The summed E-state index contributed by atoms with van der Waals surface area (Å²) in [5.41, 5.74) is 5.15. The molecule has 0 aliphatic rings. The van der Waals surface area contributed by atoms with Crippen molar-refractivity contribution in [3.05, 3.63) is 12.2 Å². The monoisotopic (exact) mass is 423 g/mol. The highest BCUT2D eigenvalue weighted by Crippen LogP contribution is 2.42. The Labute approximate surface area is 169 Å². The molecule has 9 heteroatoms. The lowest BCUT2D eigenvalue weighted by atomic mass is 10.1. The van der Waals surface area contributed by atoms with E-state index in [1.165, 1.54) is 25.7 Å². The molecule has 0 aromatic rings. The van der Waals surface area contributed by atoms with Gasteiger partial charge in [-0.2, -0.15) is 0 Å². The van der Waals surface area contributed by atoms with Gasteiger partial charge in [0.25, 0.3) is 0 Å². The van der Waals surface area contributed by atoms with Crippen LogP contribution in [0.3, 0.4) is 0 Å². The van der Waals surface area contributed by atoms with Gasteiger partial charge in [0.2, 0.25) is 0 Å². The Morgan fingerprint density at radius 1 is 1.04 bits per heavy atom. The van der Waals surface area contributed by atoms with Crippen LogP contribution in [0.15, 0.2) is 12.2 Å². The van der Waals surface area contributed by atoms with Crippen LogP contribution in [0.5, 0.6) is 0 Å². The lowest BCUT2D eigenvalue weighted by Gasteiger charge is -2.15. The van der Waals surface area contributed by atoms with E-state index in [0.717, 1.165) is 32.1 Å². The molecule has 28 heavy (non-hydrogen) atoms. The predicted molar refractivity (Wildman–Crippen MR) is 109 cm³/mol. The molecule has 0 amide bonds. The number of ether oxygens (including phenoxy) is 1. The first-order valence-electron chi connectivity index (χ1n) is 10.2. The molecular formula is C19H38NO7P. The number of hydrogen-bond acceptors (Lipinski definition) is 7. The Morgan fingerprint density at radius 3 is 2.36 bits per heavy atom. The number of allylic oxidation sites excluding steroid dienone is 2. The predicted octanol–water partition coefficient (Wildman–Crippen LogP) is 3.46. The van der Waals surface area contributed by atoms with Crippen molar-refractivity contribution in [3.63, 3.8) is 0 Å². The maximum absolute atomic E-state index is 11.6. The number of hydrogen-bond donors (Lipinski definition) is 3. The summed E-state index contributed by atoms with van der Waals surface area (Å²) in [7, 11) is -4.24. The lowest BCUT2D eigenvalue weighted by molar-refractivity contribution is -0.147. The highest BCUT2D eigenvalue weighted by molar-refractivity contribution is 7.47. The van der Waals surface area contributed by atoms with E-state index in [1.807, 2.05) is 0 Å². The zero-order chi connectivity index (χ0) is 21.1. The van der Waals surface area contributed by atoms with Crippen molar-refractivity contribution in [1.82, 2.24) is 0 Å². The van der Waals surface area contributed by atoms with E-state index in [-0.39, 0.29) is 19.8 Å². The third-order valence-corrected chi connectivity index (χ3v) is 4.87. The second-order valence-corrected chi connectivity index (χ2v) is 8.10. The average Bonchev–Trinajstić information content (AvgIpc) is 2.67. The molecule has 0 aromatic heterocycles. The second kappa shape index (κ2) is 18.3. The third-order valence-electron chi connectivity index (χ3n) is 3.88. The SMILES string of the molecule is CCCC/C=C\CCCCCCCC(=O)OCC(O)COP(=O)(O)OCCN. The van der Waals surface area contributed by atoms with E-state index in [9.17, 15) is 19.4 Å². The zero-order valence-corrected chi connectivity index (χ0v) is 18.0. The van der Waals surface area contributed by atoms with Gasteiger partial charge in [0.15, 0.2) is 0 Å². The molecule has 0 radical (unpaired) electrons. The Balaban J connectivity index is 3.56. The summed E-state index contributed by atoms with van der Waals surface area (Å²) in [5.74, 6) is -0.399. The number of rotatable bonds is 19. The van der Waals surface area contributed by atoms with Gasteiger partial charge < -0.3 is 20.5 Å². The number of nitrogens with two attached hydrogens (primary N) is 1. The van der Waals surface area contributed by atoms with Gasteiger partial charge in [-0.05, 0) is 25.7 Å². The first-order valence-corrected chi connectivity index (χ1v) is 11.7. The lowest BCUT2D eigenvalue weighted by Crippen LogP contribution is -2.23. The highest BCUT2D eigenvalue weighted by Gasteiger charge is 2.22.